The summed E-state index contributed by atoms with van der Waals surface area (Å²) in [5, 5.41) is 8.64. The minimum Gasteiger partial charge on any atom is -0.495 e. The lowest BCUT2D eigenvalue weighted by Gasteiger charge is -2.29. The lowest BCUT2D eigenvalue weighted by atomic mass is 10.2. The molecule has 0 spiro atoms. The largest absolute Gasteiger partial charge is 0.495 e. The van der Waals surface area contributed by atoms with Gasteiger partial charge < -0.3 is 15.4 Å². The van der Waals surface area contributed by atoms with Crippen molar-refractivity contribution in [2.24, 2.45) is 0 Å². The van der Waals surface area contributed by atoms with Crippen molar-refractivity contribution >= 4 is 11.4 Å². The third kappa shape index (κ3) is 3.04. The Labute approximate surface area is 107 Å². The van der Waals surface area contributed by atoms with Crippen LogP contribution in [0.1, 0.15) is 20.3 Å². The topological polar surface area (TPSA) is 62.3 Å². The second-order valence-electron chi connectivity index (χ2n) is 4.24. The second-order valence-corrected chi connectivity index (χ2v) is 4.24. The maximum absolute atomic E-state index is 13.9. The highest BCUT2D eigenvalue weighted by atomic mass is 19.1. The van der Waals surface area contributed by atoms with Gasteiger partial charge in [-0.3, -0.25) is 0 Å². The molecule has 0 saturated carbocycles. The molecule has 1 rings (SSSR count). The molecular weight excluding hydrogens is 233 g/mol. The summed E-state index contributed by atoms with van der Waals surface area (Å²) in [5.41, 5.74) is 6.32. The predicted octanol–water partition coefficient (Wildman–Crippen LogP) is 2.54. The third-order valence-corrected chi connectivity index (χ3v) is 2.70. The molecule has 2 N–H and O–H groups in total. The van der Waals surface area contributed by atoms with Gasteiger partial charge in [-0.2, -0.15) is 5.26 Å². The van der Waals surface area contributed by atoms with Gasteiger partial charge in [-0.25, -0.2) is 4.39 Å². The van der Waals surface area contributed by atoms with Gasteiger partial charge in [-0.05, 0) is 13.8 Å². The highest BCUT2D eigenvalue weighted by Crippen LogP contribution is 2.31. The van der Waals surface area contributed by atoms with Crippen LogP contribution < -0.4 is 15.4 Å². The van der Waals surface area contributed by atoms with Gasteiger partial charge in [0, 0.05) is 24.7 Å². The van der Waals surface area contributed by atoms with Crippen LogP contribution in [0.5, 0.6) is 5.75 Å². The van der Waals surface area contributed by atoms with Crippen molar-refractivity contribution < 1.29 is 9.13 Å². The van der Waals surface area contributed by atoms with E-state index in [0.717, 1.165) is 0 Å². The molecule has 18 heavy (non-hydrogen) atoms. The van der Waals surface area contributed by atoms with Gasteiger partial charge in [0.2, 0.25) is 0 Å². The maximum atomic E-state index is 13.9. The number of halogens is 1. The molecule has 98 valence electrons. The van der Waals surface area contributed by atoms with Crippen molar-refractivity contribution in [2.75, 3.05) is 24.3 Å². The standard InChI is InChI=1S/C13H18FN3O/c1-9(2)17(6-4-5-15)12-8-13(18-3)11(16)7-10(12)14/h7-9H,4,6,16H2,1-3H3. The van der Waals surface area contributed by atoms with Gasteiger partial charge in [-0.15, -0.1) is 0 Å². The summed E-state index contributed by atoms with van der Waals surface area (Å²) in [6.45, 7) is 4.36. The molecule has 5 heteroatoms. The number of ether oxygens (including phenoxy) is 1. The van der Waals surface area contributed by atoms with E-state index in [0.29, 0.717) is 24.4 Å². The number of nitrogens with two attached hydrogens (primary N) is 1. The van der Waals surface area contributed by atoms with Crippen LogP contribution in [0.3, 0.4) is 0 Å². The van der Waals surface area contributed by atoms with Crippen LogP contribution in [0.2, 0.25) is 0 Å². The lowest BCUT2D eigenvalue weighted by molar-refractivity contribution is 0.415. The van der Waals surface area contributed by atoms with Crippen LogP contribution >= 0.6 is 0 Å². The van der Waals surface area contributed by atoms with E-state index in [1.165, 1.54) is 13.2 Å². The summed E-state index contributed by atoms with van der Waals surface area (Å²) >= 11 is 0. The Balaban J connectivity index is 3.15. The summed E-state index contributed by atoms with van der Waals surface area (Å²) in [4.78, 5) is 1.82. The fourth-order valence-electron chi connectivity index (χ4n) is 1.78. The minimum atomic E-state index is -0.403. The number of rotatable bonds is 5. The summed E-state index contributed by atoms with van der Waals surface area (Å²) in [5.74, 6) is 0.0361. The number of hydrogen-bond donors (Lipinski definition) is 1. The molecule has 0 aromatic heterocycles. The maximum Gasteiger partial charge on any atom is 0.148 e. The van der Waals surface area contributed by atoms with Gasteiger partial charge >= 0.3 is 0 Å². The third-order valence-electron chi connectivity index (χ3n) is 2.70. The molecule has 0 amide bonds. The summed E-state index contributed by atoms with van der Waals surface area (Å²) in [6, 6.07) is 4.96. The average molecular weight is 251 g/mol. The molecule has 0 aliphatic heterocycles. The van der Waals surface area contributed by atoms with Gasteiger partial charge in [0.05, 0.1) is 31.0 Å². The van der Waals surface area contributed by atoms with E-state index in [4.69, 9.17) is 15.7 Å². The van der Waals surface area contributed by atoms with Crippen LogP contribution in [0, 0.1) is 17.1 Å². The van der Waals surface area contributed by atoms with E-state index >= 15 is 0 Å². The van der Waals surface area contributed by atoms with Crippen molar-refractivity contribution in [3.8, 4) is 11.8 Å². The lowest BCUT2D eigenvalue weighted by Crippen LogP contribution is -2.32. The van der Waals surface area contributed by atoms with Crippen molar-refractivity contribution in [3.63, 3.8) is 0 Å². The van der Waals surface area contributed by atoms with Gasteiger partial charge in [0.15, 0.2) is 0 Å². The SMILES string of the molecule is COc1cc(N(CCC#N)C(C)C)c(F)cc1N. The van der Waals surface area contributed by atoms with E-state index < -0.39 is 5.82 Å². The Bertz CT molecular complexity index is 454. The van der Waals surface area contributed by atoms with Crippen molar-refractivity contribution in [3.05, 3.63) is 17.9 Å². The van der Waals surface area contributed by atoms with Crippen LogP contribution in [0.15, 0.2) is 12.1 Å². The quantitative estimate of drug-likeness (QED) is 0.817. The first kappa shape index (κ1) is 14.1. The number of benzene rings is 1. The van der Waals surface area contributed by atoms with E-state index in [2.05, 4.69) is 6.07 Å². The molecule has 0 bridgehead atoms. The molecular formula is C13H18FN3O. The molecule has 0 aliphatic carbocycles. The van der Waals surface area contributed by atoms with Crippen molar-refractivity contribution in [1.29, 1.82) is 5.26 Å². The molecule has 1 aromatic rings. The van der Waals surface area contributed by atoms with Crippen LogP contribution in [0.4, 0.5) is 15.8 Å². The predicted molar refractivity (Wildman–Crippen MR) is 70.1 cm³/mol. The second kappa shape index (κ2) is 6.10. The number of anilines is 2. The molecule has 0 atom stereocenters. The Morgan fingerprint density at radius 3 is 2.67 bits per heavy atom. The van der Waals surface area contributed by atoms with Crippen LogP contribution in [-0.4, -0.2) is 19.7 Å². The van der Waals surface area contributed by atoms with Crippen molar-refractivity contribution in [1.82, 2.24) is 0 Å². The fraction of sp³-hybridized carbons (Fsp3) is 0.462. The molecule has 0 radical (unpaired) electrons. The number of methoxy groups -OCH3 is 1. The molecule has 0 saturated heterocycles. The van der Waals surface area contributed by atoms with Crippen molar-refractivity contribution in [2.45, 2.75) is 26.3 Å². The van der Waals surface area contributed by atoms with E-state index in [1.54, 1.807) is 6.07 Å². The molecule has 0 fully saturated rings. The fourth-order valence-corrected chi connectivity index (χ4v) is 1.78. The first-order valence-electron chi connectivity index (χ1n) is 5.77. The van der Waals surface area contributed by atoms with Crippen LogP contribution in [-0.2, 0) is 0 Å². The number of hydrogen-bond acceptors (Lipinski definition) is 4. The molecule has 0 heterocycles. The smallest absolute Gasteiger partial charge is 0.148 e. The molecule has 1 aromatic carbocycles. The molecule has 0 unspecified atom stereocenters. The van der Waals surface area contributed by atoms with Gasteiger partial charge in [-0.1, -0.05) is 0 Å². The Morgan fingerprint density at radius 1 is 1.50 bits per heavy atom. The zero-order valence-electron chi connectivity index (χ0n) is 10.9. The molecule has 4 nitrogen and oxygen atoms in total. The number of nitriles is 1. The first-order valence-corrected chi connectivity index (χ1v) is 5.77. The summed E-state index contributed by atoms with van der Waals surface area (Å²) in [7, 11) is 1.49. The van der Waals surface area contributed by atoms with E-state index in [-0.39, 0.29) is 11.7 Å². The highest BCUT2D eigenvalue weighted by Gasteiger charge is 2.17. The summed E-state index contributed by atoms with van der Waals surface area (Å²) < 4.78 is 19.0. The number of nitrogen functional groups attached to an aromatic ring is 1. The van der Waals surface area contributed by atoms with Crippen LogP contribution in [0.25, 0.3) is 0 Å². The van der Waals surface area contributed by atoms with Gasteiger partial charge in [0.1, 0.15) is 11.6 Å². The monoisotopic (exact) mass is 251 g/mol. The Kier molecular flexibility index (Phi) is 4.78. The molecule has 0 aliphatic rings. The highest BCUT2D eigenvalue weighted by molar-refractivity contribution is 5.63. The van der Waals surface area contributed by atoms with E-state index in [9.17, 15) is 4.39 Å². The first-order chi connectivity index (χ1) is 8.51. The minimum absolute atomic E-state index is 0.0844. The van der Waals surface area contributed by atoms with Gasteiger partial charge in [0.25, 0.3) is 0 Å². The zero-order valence-corrected chi connectivity index (χ0v) is 10.9. The average Bonchev–Trinajstić information content (AvgIpc) is 2.31. The van der Waals surface area contributed by atoms with E-state index in [1.807, 2.05) is 18.7 Å². The normalized spacial score (nSPS) is 10.2. The Hall–Kier alpha value is -1.96. The zero-order chi connectivity index (χ0) is 13.7. The summed E-state index contributed by atoms with van der Waals surface area (Å²) in [6.07, 6.45) is 0.338. The Morgan fingerprint density at radius 2 is 2.17 bits per heavy atom. The number of nitrogens with zero attached hydrogens (tertiary/aromatic N) is 2.